The van der Waals surface area contributed by atoms with E-state index >= 15 is 0 Å². The molecule has 0 fully saturated rings. The lowest BCUT2D eigenvalue weighted by Crippen LogP contribution is -2.42. The molecule has 0 aliphatic rings. The fourth-order valence-corrected chi connectivity index (χ4v) is 1.39. The van der Waals surface area contributed by atoms with Gasteiger partial charge in [0.05, 0.1) is 11.9 Å². The molecule has 0 spiro atoms. The van der Waals surface area contributed by atoms with E-state index in [1.807, 2.05) is 0 Å². The Hall–Kier alpha value is -2.37. The Morgan fingerprint density at radius 1 is 1.38 bits per heavy atom. The van der Waals surface area contributed by atoms with Gasteiger partial charge < -0.3 is 5.84 Å². The second-order valence-electron chi connectivity index (χ2n) is 3.32. The van der Waals surface area contributed by atoms with Crippen LogP contribution in [0.5, 0.6) is 0 Å². The summed E-state index contributed by atoms with van der Waals surface area (Å²) in [6.45, 7) is 1.59. The minimum absolute atomic E-state index is 0.400. The zero-order valence-corrected chi connectivity index (χ0v) is 8.62. The molecular weight excluding hydrogens is 208 g/mol. The first kappa shape index (κ1) is 10.2. The molecule has 16 heavy (non-hydrogen) atoms. The lowest BCUT2D eigenvalue weighted by molar-refractivity contribution is 0.749. The number of nitrogen functional groups attached to an aromatic ring is 1. The Morgan fingerprint density at radius 3 is 2.75 bits per heavy atom. The lowest BCUT2D eigenvalue weighted by Gasteiger charge is -2.07. The fraction of sp³-hybridized carbons (Fsp3) is 0.100. The minimum atomic E-state index is -0.585. The van der Waals surface area contributed by atoms with E-state index in [1.165, 1.54) is 12.3 Å². The summed E-state index contributed by atoms with van der Waals surface area (Å²) in [5.74, 6) is 5.51. The van der Waals surface area contributed by atoms with Gasteiger partial charge in [0.2, 0.25) is 0 Å². The zero-order valence-electron chi connectivity index (χ0n) is 8.62. The molecule has 6 nitrogen and oxygen atoms in total. The molecule has 2 aromatic rings. The largest absolute Gasteiger partial charge is 0.354 e. The Labute approximate surface area is 90.6 Å². The number of hydrogen-bond donors (Lipinski definition) is 1. The van der Waals surface area contributed by atoms with Gasteiger partial charge >= 0.3 is 5.69 Å². The van der Waals surface area contributed by atoms with Crippen LogP contribution in [0.4, 0.5) is 0 Å². The van der Waals surface area contributed by atoms with Crippen LogP contribution >= 0.6 is 0 Å². The number of nitrogens with zero attached hydrogens (tertiary/aromatic N) is 3. The molecule has 2 heterocycles. The molecule has 0 aliphatic carbocycles. The summed E-state index contributed by atoms with van der Waals surface area (Å²) in [6, 6.07) is 4.56. The van der Waals surface area contributed by atoms with E-state index in [9.17, 15) is 9.59 Å². The third kappa shape index (κ3) is 1.50. The van der Waals surface area contributed by atoms with Gasteiger partial charge in [-0.3, -0.25) is 9.78 Å². The Kier molecular flexibility index (Phi) is 2.32. The topological polar surface area (TPSA) is 82.9 Å². The number of pyridine rings is 1. The quantitative estimate of drug-likeness (QED) is 0.649. The number of aryl methyl sites for hydroxylation is 1. The number of nitrogens with two attached hydrogens (primary N) is 1. The van der Waals surface area contributed by atoms with Crippen molar-refractivity contribution in [2.75, 3.05) is 5.84 Å². The molecule has 0 bridgehead atoms. The van der Waals surface area contributed by atoms with Crippen molar-refractivity contribution in [3.05, 3.63) is 57.1 Å². The molecule has 0 saturated carbocycles. The molecule has 0 amide bonds. The molecule has 0 aliphatic heterocycles. The number of aromatic nitrogens is 3. The van der Waals surface area contributed by atoms with Gasteiger partial charge in [0, 0.05) is 18.0 Å². The van der Waals surface area contributed by atoms with Crippen LogP contribution in [-0.2, 0) is 0 Å². The second-order valence-corrected chi connectivity index (χ2v) is 3.32. The normalized spacial score (nSPS) is 10.3. The third-order valence-corrected chi connectivity index (χ3v) is 2.23. The van der Waals surface area contributed by atoms with Crippen molar-refractivity contribution in [1.29, 1.82) is 0 Å². The van der Waals surface area contributed by atoms with Gasteiger partial charge in [0.25, 0.3) is 5.56 Å². The molecule has 0 saturated heterocycles. The van der Waals surface area contributed by atoms with E-state index in [-0.39, 0.29) is 0 Å². The van der Waals surface area contributed by atoms with Crippen LogP contribution in [0.3, 0.4) is 0 Å². The van der Waals surface area contributed by atoms with Gasteiger partial charge in [-0.05, 0) is 19.1 Å². The van der Waals surface area contributed by atoms with Gasteiger partial charge in [-0.25, -0.2) is 14.0 Å². The predicted octanol–water partition coefficient (Wildman–Crippen LogP) is -0.584. The molecule has 2 N–H and O–H groups in total. The molecule has 0 atom stereocenters. The van der Waals surface area contributed by atoms with Crippen molar-refractivity contribution >= 4 is 0 Å². The number of rotatable bonds is 1. The van der Waals surface area contributed by atoms with E-state index in [0.29, 0.717) is 11.4 Å². The molecule has 0 radical (unpaired) electrons. The van der Waals surface area contributed by atoms with E-state index in [0.717, 1.165) is 9.24 Å². The molecule has 2 rings (SSSR count). The highest BCUT2D eigenvalue weighted by Crippen LogP contribution is 1.98. The Bertz CT molecular complexity index is 628. The zero-order chi connectivity index (χ0) is 11.7. The van der Waals surface area contributed by atoms with Crippen LogP contribution in [0.2, 0.25) is 0 Å². The van der Waals surface area contributed by atoms with Crippen LogP contribution in [0.15, 0.2) is 40.2 Å². The monoisotopic (exact) mass is 218 g/mol. The van der Waals surface area contributed by atoms with Crippen LogP contribution in [0, 0.1) is 6.92 Å². The minimum Gasteiger partial charge on any atom is -0.335 e. The summed E-state index contributed by atoms with van der Waals surface area (Å²) >= 11 is 0. The highest BCUT2D eigenvalue weighted by Gasteiger charge is 2.08. The standard InChI is InChI=1S/C10H10N4O2/c1-7-5-9(15)13(10(16)14(7)11)8-3-2-4-12-6-8/h2-6H,11H2,1H3. The summed E-state index contributed by atoms with van der Waals surface area (Å²) < 4.78 is 1.90. The summed E-state index contributed by atoms with van der Waals surface area (Å²) in [6.07, 6.45) is 2.99. The summed E-state index contributed by atoms with van der Waals surface area (Å²) in [4.78, 5) is 27.3. The SMILES string of the molecule is Cc1cc(=O)n(-c2cccnc2)c(=O)n1N. The van der Waals surface area contributed by atoms with E-state index < -0.39 is 11.2 Å². The highest BCUT2D eigenvalue weighted by atomic mass is 16.2. The maximum atomic E-state index is 11.8. The van der Waals surface area contributed by atoms with Crippen molar-refractivity contribution in [1.82, 2.24) is 14.2 Å². The Morgan fingerprint density at radius 2 is 2.12 bits per heavy atom. The van der Waals surface area contributed by atoms with Gasteiger partial charge in [-0.15, -0.1) is 0 Å². The molecule has 2 aromatic heterocycles. The van der Waals surface area contributed by atoms with Crippen molar-refractivity contribution in [3.8, 4) is 5.69 Å². The lowest BCUT2D eigenvalue weighted by atomic mass is 10.4. The van der Waals surface area contributed by atoms with Crippen molar-refractivity contribution in [2.24, 2.45) is 0 Å². The van der Waals surface area contributed by atoms with Gasteiger partial charge in [-0.2, -0.15) is 0 Å². The van der Waals surface area contributed by atoms with Crippen LogP contribution in [0.25, 0.3) is 5.69 Å². The second kappa shape index (κ2) is 3.65. The molecular formula is C10H10N4O2. The first-order valence-corrected chi connectivity index (χ1v) is 4.62. The predicted molar refractivity (Wildman–Crippen MR) is 59.0 cm³/mol. The smallest absolute Gasteiger partial charge is 0.335 e. The van der Waals surface area contributed by atoms with Gasteiger partial charge in [0.15, 0.2) is 0 Å². The van der Waals surface area contributed by atoms with Crippen LogP contribution < -0.4 is 17.1 Å². The van der Waals surface area contributed by atoms with E-state index in [2.05, 4.69) is 4.98 Å². The first-order chi connectivity index (χ1) is 7.61. The number of hydrogen-bond acceptors (Lipinski definition) is 4. The summed E-state index contributed by atoms with van der Waals surface area (Å²) in [5, 5.41) is 0. The molecule has 0 unspecified atom stereocenters. The molecule has 6 heteroatoms. The van der Waals surface area contributed by atoms with Crippen molar-refractivity contribution in [3.63, 3.8) is 0 Å². The average Bonchev–Trinajstić information content (AvgIpc) is 2.28. The van der Waals surface area contributed by atoms with Gasteiger partial charge in [0.1, 0.15) is 0 Å². The van der Waals surface area contributed by atoms with Crippen LogP contribution in [-0.4, -0.2) is 14.2 Å². The fourth-order valence-electron chi connectivity index (χ4n) is 1.39. The molecule has 82 valence electrons. The maximum absolute atomic E-state index is 11.8. The van der Waals surface area contributed by atoms with Crippen LogP contribution in [0.1, 0.15) is 5.69 Å². The van der Waals surface area contributed by atoms with Gasteiger partial charge in [-0.1, -0.05) is 0 Å². The summed E-state index contributed by atoms with van der Waals surface area (Å²) in [7, 11) is 0. The van der Waals surface area contributed by atoms with Crippen molar-refractivity contribution in [2.45, 2.75) is 6.92 Å². The van der Waals surface area contributed by atoms with E-state index in [1.54, 1.807) is 25.3 Å². The summed E-state index contributed by atoms with van der Waals surface area (Å²) in [5.41, 5.74) is -0.193. The van der Waals surface area contributed by atoms with E-state index in [4.69, 9.17) is 5.84 Å². The average molecular weight is 218 g/mol. The first-order valence-electron chi connectivity index (χ1n) is 4.62. The third-order valence-electron chi connectivity index (χ3n) is 2.23. The highest BCUT2D eigenvalue weighted by molar-refractivity contribution is 5.27. The maximum Gasteiger partial charge on any atom is 0.354 e. The Balaban J connectivity index is 2.82. The van der Waals surface area contributed by atoms with Crippen molar-refractivity contribution < 1.29 is 0 Å². The molecule has 0 aromatic carbocycles.